The number of ether oxygens (including phenoxy) is 1. The zero-order chi connectivity index (χ0) is 38.7. The van der Waals surface area contributed by atoms with Crippen LogP contribution in [0, 0.1) is 12.8 Å². The van der Waals surface area contributed by atoms with Gasteiger partial charge >= 0.3 is 13.5 Å². The number of pyridine rings is 1. The van der Waals surface area contributed by atoms with E-state index in [9.17, 15) is 18.9 Å². The summed E-state index contributed by atoms with van der Waals surface area (Å²) >= 11 is 1.37. The van der Waals surface area contributed by atoms with Crippen molar-refractivity contribution in [2.45, 2.75) is 96.0 Å². The molecule has 2 unspecified atom stereocenters. The number of likely N-dealkylation sites (tertiary alicyclic amines) is 1. The van der Waals surface area contributed by atoms with Gasteiger partial charge in [-0.25, -0.2) is 5.09 Å². The maximum atomic E-state index is 14.3. The molecule has 3 saturated heterocycles. The van der Waals surface area contributed by atoms with Gasteiger partial charge in [-0.1, -0.05) is 38.1 Å². The van der Waals surface area contributed by atoms with E-state index in [4.69, 9.17) is 9.26 Å². The molecule has 3 fully saturated rings. The fraction of sp³-hybridized carbons (Fsp3) is 0.476. The number of esters is 1. The standard InChI is InChI=1S/C42H52N5O6PS/c1-5-17-52-42(50)29(4)45-54(51,53-35-9-7-6-8-10-35)26-30-11-14-38-31(20-30)21-39(55-38)40(48)44-37-19-27(2)18-33-12-13-34(47(33)41(37)49)25-46-23-32(24-46)36-22-43-16-15-28(36)3/h6-11,14-16,20-22,27,29,32-34,37H,5,12-13,17-19,23-26H2,1-4H3,(H,44,48)(H,45,51)/t27-,29+,33-,34?,37+,54?/m1/s1. The minimum absolute atomic E-state index is 0.00836. The molecule has 0 aliphatic carbocycles. The third-order valence-corrected chi connectivity index (χ3v) is 14.3. The van der Waals surface area contributed by atoms with Crippen LogP contribution >= 0.6 is 18.9 Å². The van der Waals surface area contributed by atoms with Crippen molar-refractivity contribution in [2.75, 3.05) is 26.2 Å². The molecule has 0 bridgehead atoms. The molecule has 11 nitrogen and oxygen atoms in total. The number of thiophene rings is 1. The lowest BCUT2D eigenvalue weighted by Crippen LogP contribution is -2.55. The summed E-state index contributed by atoms with van der Waals surface area (Å²) in [7, 11) is -3.65. The van der Waals surface area contributed by atoms with Crippen LogP contribution in [0.4, 0.5) is 0 Å². The zero-order valence-corrected chi connectivity index (χ0v) is 33.8. The first-order valence-corrected chi connectivity index (χ1v) is 22.2. The summed E-state index contributed by atoms with van der Waals surface area (Å²) in [5, 5.41) is 6.89. The third-order valence-electron chi connectivity index (χ3n) is 11.1. The molecule has 2 N–H and O–H groups in total. The van der Waals surface area contributed by atoms with Crippen LogP contribution in [0.2, 0.25) is 0 Å². The van der Waals surface area contributed by atoms with Gasteiger partial charge < -0.3 is 19.5 Å². The lowest BCUT2D eigenvalue weighted by molar-refractivity contribution is -0.145. The van der Waals surface area contributed by atoms with Gasteiger partial charge in [0.15, 0.2) is 0 Å². The Hall–Kier alpha value is -4.09. The normalized spacial score (nSPS) is 23.3. The Morgan fingerprint density at radius 2 is 1.87 bits per heavy atom. The lowest BCUT2D eigenvalue weighted by atomic mass is 9.89. The second kappa shape index (κ2) is 17.0. The number of hydrogen-bond acceptors (Lipinski definition) is 9. The maximum Gasteiger partial charge on any atom is 0.323 e. The van der Waals surface area contributed by atoms with Crippen LogP contribution in [0.15, 0.2) is 73.1 Å². The van der Waals surface area contributed by atoms with Crippen molar-refractivity contribution in [3.63, 3.8) is 0 Å². The molecule has 2 aromatic heterocycles. The van der Waals surface area contributed by atoms with Crippen LogP contribution in [0.3, 0.4) is 0 Å². The smallest absolute Gasteiger partial charge is 0.323 e. The summed E-state index contributed by atoms with van der Waals surface area (Å²) in [5.41, 5.74) is 3.31. The van der Waals surface area contributed by atoms with Crippen LogP contribution < -0.4 is 14.9 Å². The van der Waals surface area contributed by atoms with Gasteiger partial charge in [-0.3, -0.25) is 28.8 Å². The molecule has 7 rings (SSSR count). The maximum absolute atomic E-state index is 14.3. The van der Waals surface area contributed by atoms with Crippen molar-refractivity contribution in [1.29, 1.82) is 0 Å². The molecule has 2 aromatic carbocycles. The second-order valence-electron chi connectivity index (χ2n) is 15.6. The topological polar surface area (TPSA) is 130 Å². The average molecular weight is 786 g/mol. The third kappa shape index (κ3) is 9.15. The number of nitrogens with zero attached hydrogens (tertiary/aromatic N) is 3. The molecule has 6 atom stereocenters. The van der Waals surface area contributed by atoms with Crippen LogP contribution in [-0.2, 0) is 25.1 Å². The van der Waals surface area contributed by atoms with E-state index in [0.717, 1.165) is 54.5 Å². The van der Waals surface area contributed by atoms with Gasteiger partial charge in [0.05, 0.1) is 17.6 Å². The summed E-state index contributed by atoms with van der Waals surface area (Å²) in [4.78, 5) is 50.1. The van der Waals surface area contributed by atoms with Gasteiger partial charge in [0, 0.05) is 54.7 Å². The highest BCUT2D eigenvalue weighted by Gasteiger charge is 2.45. The number of carbonyl (C=O) groups is 3. The summed E-state index contributed by atoms with van der Waals surface area (Å²) in [6.07, 6.45) is 8.06. The SMILES string of the molecule is CCCOC(=O)[C@H](C)NP(=O)(Cc1ccc2sc(C(=O)N[C@H]3C[C@H](C)C[C@H]4CCC(CN5CC(c6cnccc6C)C5)N4C3=O)cc2c1)Oc1ccccc1. The summed E-state index contributed by atoms with van der Waals surface area (Å²) in [6.45, 7) is 10.9. The molecule has 2 amide bonds. The van der Waals surface area contributed by atoms with E-state index in [-0.39, 0.29) is 36.7 Å². The number of carbonyl (C=O) groups excluding carboxylic acids is 3. The number of aryl methyl sites for hydroxylation is 1. The Morgan fingerprint density at radius 3 is 2.64 bits per heavy atom. The molecule has 55 heavy (non-hydrogen) atoms. The van der Waals surface area contributed by atoms with Crippen LogP contribution in [0.1, 0.15) is 85.2 Å². The van der Waals surface area contributed by atoms with Crippen LogP contribution in [0.25, 0.3) is 10.1 Å². The molecule has 0 spiro atoms. The highest BCUT2D eigenvalue weighted by Crippen LogP contribution is 2.47. The molecule has 3 aliphatic heterocycles. The quantitative estimate of drug-likeness (QED) is 0.100. The van der Waals surface area contributed by atoms with Gasteiger partial charge in [0.2, 0.25) is 5.91 Å². The summed E-state index contributed by atoms with van der Waals surface area (Å²) < 4.78 is 26.5. The molecule has 5 heterocycles. The number of amides is 2. The van der Waals surface area contributed by atoms with Gasteiger partial charge in [0.25, 0.3) is 5.91 Å². The highest BCUT2D eigenvalue weighted by molar-refractivity contribution is 7.56. The van der Waals surface area contributed by atoms with E-state index in [1.807, 2.05) is 49.6 Å². The van der Waals surface area contributed by atoms with E-state index in [2.05, 4.69) is 45.1 Å². The number of hydrogen-bond donors (Lipinski definition) is 2. The number of para-hydroxylation sites is 1. The van der Waals surface area contributed by atoms with Crippen molar-refractivity contribution < 1.29 is 28.2 Å². The van der Waals surface area contributed by atoms with Gasteiger partial charge in [-0.05, 0) is 110 Å². The lowest BCUT2D eigenvalue weighted by Gasteiger charge is -2.43. The van der Waals surface area contributed by atoms with Gasteiger partial charge in [-0.2, -0.15) is 0 Å². The molecule has 13 heteroatoms. The van der Waals surface area contributed by atoms with Crippen molar-refractivity contribution in [1.82, 2.24) is 25.2 Å². The minimum atomic E-state index is -3.65. The fourth-order valence-electron chi connectivity index (χ4n) is 8.42. The van der Waals surface area contributed by atoms with E-state index < -0.39 is 25.6 Å². The van der Waals surface area contributed by atoms with E-state index in [0.29, 0.717) is 35.3 Å². The monoisotopic (exact) mass is 785 g/mol. The van der Waals surface area contributed by atoms with Crippen molar-refractivity contribution >= 4 is 46.7 Å². The molecule has 0 saturated carbocycles. The molecule has 0 radical (unpaired) electrons. The Bertz CT molecular complexity index is 2050. The average Bonchev–Trinajstić information content (AvgIpc) is 3.72. The fourth-order valence-corrected chi connectivity index (χ4v) is 11.4. The Labute approximate surface area is 327 Å². The first-order valence-electron chi connectivity index (χ1n) is 19.5. The number of fused-ring (bicyclic) bond motifs is 2. The van der Waals surface area contributed by atoms with E-state index >= 15 is 0 Å². The predicted octanol–water partition coefficient (Wildman–Crippen LogP) is 7.30. The van der Waals surface area contributed by atoms with Crippen LogP contribution in [0.5, 0.6) is 5.75 Å². The predicted molar refractivity (Wildman–Crippen MR) is 216 cm³/mol. The van der Waals surface area contributed by atoms with Crippen LogP contribution in [-0.4, -0.2) is 83.0 Å². The second-order valence-corrected chi connectivity index (χ2v) is 18.8. The Balaban J connectivity index is 1.02. The Morgan fingerprint density at radius 1 is 1.07 bits per heavy atom. The number of rotatable bonds is 14. The largest absolute Gasteiger partial charge is 0.465 e. The van der Waals surface area contributed by atoms with Crippen molar-refractivity contribution in [3.05, 3.63) is 94.6 Å². The summed E-state index contributed by atoms with van der Waals surface area (Å²) in [5.74, 6) is 0.461. The molecular formula is C42H52N5O6PS. The molecular weight excluding hydrogens is 734 g/mol. The van der Waals surface area contributed by atoms with Crippen molar-refractivity contribution in [3.8, 4) is 5.75 Å². The van der Waals surface area contributed by atoms with E-state index in [1.54, 1.807) is 31.2 Å². The van der Waals surface area contributed by atoms with Gasteiger partial charge in [-0.15, -0.1) is 11.3 Å². The number of nitrogens with one attached hydrogen (secondary N) is 2. The molecule has 292 valence electrons. The van der Waals surface area contributed by atoms with E-state index in [1.165, 1.54) is 22.5 Å². The van der Waals surface area contributed by atoms with Gasteiger partial charge in [0.1, 0.15) is 17.8 Å². The first-order chi connectivity index (χ1) is 26.5. The number of aromatic nitrogens is 1. The minimum Gasteiger partial charge on any atom is -0.465 e. The summed E-state index contributed by atoms with van der Waals surface area (Å²) in [6, 6.07) is 17.3. The zero-order valence-electron chi connectivity index (χ0n) is 32.1. The molecule has 4 aromatic rings. The van der Waals surface area contributed by atoms with Crippen molar-refractivity contribution in [2.24, 2.45) is 5.92 Å². The molecule has 3 aliphatic rings. The first kappa shape index (κ1) is 39.2. The number of benzene rings is 2. The Kier molecular flexibility index (Phi) is 12.1. The highest BCUT2D eigenvalue weighted by atomic mass is 32.1.